The van der Waals surface area contributed by atoms with Gasteiger partial charge in [-0.1, -0.05) is 0 Å². The number of hydrogen-bond donors (Lipinski definition) is 1. The quantitative estimate of drug-likeness (QED) is 0.719. The van der Waals surface area contributed by atoms with Gasteiger partial charge in [0.1, 0.15) is 11.5 Å². The summed E-state index contributed by atoms with van der Waals surface area (Å²) in [6.07, 6.45) is 2.78. The smallest absolute Gasteiger partial charge is 0.255 e. The van der Waals surface area contributed by atoms with Gasteiger partial charge < -0.3 is 15.0 Å². The highest BCUT2D eigenvalue weighted by Gasteiger charge is 2.25. The first-order valence-electron chi connectivity index (χ1n) is 9.94. The lowest BCUT2D eigenvalue weighted by atomic mass is 10.0. The molecule has 1 amide bonds. The van der Waals surface area contributed by atoms with E-state index in [1.54, 1.807) is 21.0 Å². The zero-order valence-electron chi connectivity index (χ0n) is 17.2. The third kappa shape index (κ3) is 5.00. The number of nitrogens with zero attached hydrogens (tertiary/aromatic N) is 3. The summed E-state index contributed by atoms with van der Waals surface area (Å²) in [6, 6.07) is 3.41. The maximum Gasteiger partial charge on any atom is 0.255 e. The standard InChI is InChI=1S/C21H28F2N4O2/c1-14-20(15(2)27(25-14)19-6-5-16(22)13-18(19)23)21(28)24-17-7-10-26(11-8-17)9-4-12-29-3/h5-6,13,17H,4,7-12H2,1-3H3,(H,24,28). The molecule has 1 saturated heterocycles. The number of piperidine rings is 1. The van der Waals surface area contributed by atoms with Gasteiger partial charge in [-0.2, -0.15) is 5.10 Å². The second-order valence-electron chi connectivity index (χ2n) is 7.49. The van der Waals surface area contributed by atoms with Crippen LogP contribution in [-0.4, -0.2) is 60.0 Å². The summed E-state index contributed by atoms with van der Waals surface area (Å²) < 4.78 is 33.8. The van der Waals surface area contributed by atoms with Gasteiger partial charge in [0.05, 0.1) is 17.0 Å². The normalized spacial score (nSPS) is 15.6. The number of rotatable bonds is 7. The van der Waals surface area contributed by atoms with E-state index in [0.29, 0.717) is 17.0 Å². The summed E-state index contributed by atoms with van der Waals surface area (Å²) in [7, 11) is 1.71. The van der Waals surface area contributed by atoms with E-state index < -0.39 is 11.6 Å². The molecule has 29 heavy (non-hydrogen) atoms. The van der Waals surface area contributed by atoms with Crippen molar-refractivity contribution in [1.82, 2.24) is 20.0 Å². The molecule has 1 fully saturated rings. The second kappa shape index (κ2) is 9.45. The Hall–Kier alpha value is -2.32. The van der Waals surface area contributed by atoms with Crippen LogP contribution in [-0.2, 0) is 4.74 Å². The van der Waals surface area contributed by atoms with E-state index in [2.05, 4.69) is 15.3 Å². The summed E-state index contributed by atoms with van der Waals surface area (Å²) in [4.78, 5) is 15.3. The van der Waals surface area contributed by atoms with E-state index in [1.807, 2.05) is 0 Å². The molecular formula is C21H28F2N4O2. The molecule has 8 heteroatoms. The van der Waals surface area contributed by atoms with Gasteiger partial charge in [0.2, 0.25) is 0 Å². The molecule has 6 nitrogen and oxygen atoms in total. The highest BCUT2D eigenvalue weighted by Crippen LogP contribution is 2.21. The van der Waals surface area contributed by atoms with Crippen LogP contribution < -0.4 is 5.32 Å². The van der Waals surface area contributed by atoms with Crippen LogP contribution in [0.15, 0.2) is 18.2 Å². The largest absolute Gasteiger partial charge is 0.385 e. The van der Waals surface area contributed by atoms with Crippen molar-refractivity contribution in [1.29, 1.82) is 0 Å². The van der Waals surface area contributed by atoms with Crippen LogP contribution in [0, 0.1) is 25.5 Å². The fourth-order valence-electron chi connectivity index (χ4n) is 3.85. The number of benzene rings is 1. The summed E-state index contributed by atoms with van der Waals surface area (Å²) in [5.74, 6) is -1.57. The van der Waals surface area contributed by atoms with Crippen molar-refractivity contribution in [2.75, 3.05) is 33.4 Å². The van der Waals surface area contributed by atoms with Gasteiger partial charge in [-0.05, 0) is 45.2 Å². The van der Waals surface area contributed by atoms with Gasteiger partial charge in [-0.3, -0.25) is 4.79 Å². The Morgan fingerprint density at radius 2 is 2.00 bits per heavy atom. The summed E-state index contributed by atoms with van der Waals surface area (Å²) >= 11 is 0. The first kappa shape index (κ1) is 21.4. The lowest BCUT2D eigenvalue weighted by Gasteiger charge is -2.32. The van der Waals surface area contributed by atoms with Gasteiger partial charge >= 0.3 is 0 Å². The van der Waals surface area contributed by atoms with Crippen molar-refractivity contribution in [2.45, 2.75) is 39.2 Å². The van der Waals surface area contributed by atoms with Crippen molar-refractivity contribution in [3.8, 4) is 5.69 Å². The van der Waals surface area contributed by atoms with Crippen LogP contribution in [0.1, 0.15) is 41.0 Å². The Bertz CT molecular complexity index is 861. The number of ether oxygens (including phenoxy) is 1. The molecule has 158 valence electrons. The number of aromatic nitrogens is 2. The third-order valence-electron chi connectivity index (χ3n) is 5.40. The number of aryl methyl sites for hydroxylation is 1. The van der Waals surface area contributed by atoms with Crippen LogP contribution in [0.25, 0.3) is 5.69 Å². The lowest BCUT2D eigenvalue weighted by molar-refractivity contribution is 0.0906. The van der Waals surface area contributed by atoms with Gasteiger partial charge in [0, 0.05) is 45.5 Å². The minimum Gasteiger partial charge on any atom is -0.385 e. The molecule has 3 rings (SSSR count). The molecule has 1 aromatic heterocycles. The van der Waals surface area contributed by atoms with Crippen molar-refractivity contribution in [3.05, 3.63) is 46.8 Å². The van der Waals surface area contributed by atoms with Crippen LogP contribution >= 0.6 is 0 Å². The number of halogens is 2. The maximum atomic E-state index is 14.2. The van der Waals surface area contributed by atoms with E-state index in [-0.39, 0.29) is 17.6 Å². The summed E-state index contributed by atoms with van der Waals surface area (Å²) in [5, 5.41) is 7.41. The third-order valence-corrected chi connectivity index (χ3v) is 5.40. The van der Waals surface area contributed by atoms with E-state index >= 15 is 0 Å². The molecule has 1 aliphatic rings. The van der Waals surface area contributed by atoms with Crippen LogP contribution in [0.5, 0.6) is 0 Å². The molecule has 0 aliphatic carbocycles. The van der Waals surface area contributed by atoms with E-state index in [9.17, 15) is 13.6 Å². The average Bonchev–Trinajstić information content (AvgIpc) is 2.97. The van der Waals surface area contributed by atoms with Gasteiger partial charge in [-0.15, -0.1) is 0 Å². The zero-order valence-corrected chi connectivity index (χ0v) is 17.2. The SMILES string of the molecule is COCCCN1CCC(NC(=O)c2c(C)nn(-c3ccc(F)cc3F)c2C)CC1. The molecule has 0 radical (unpaired) electrons. The van der Waals surface area contributed by atoms with E-state index in [4.69, 9.17) is 4.74 Å². The molecule has 1 aliphatic heterocycles. The fraction of sp³-hybridized carbons (Fsp3) is 0.524. The second-order valence-corrected chi connectivity index (χ2v) is 7.49. The molecule has 1 N–H and O–H groups in total. The molecule has 1 aromatic carbocycles. The van der Waals surface area contributed by atoms with Gasteiger partial charge in [0.15, 0.2) is 5.82 Å². The average molecular weight is 406 g/mol. The number of hydrogen-bond acceptors (Lipinski definition) is 4. The fourth-order valence-corrected chi connectivity index (χ4v) is 3.85. The number of likely N-dealkylation sites (tertiary alicyclic amines) is 1. The Morgan fingerprint density at radius 3 is 2.66 bits per heavy atom. The molecular weight excluding hydrogens is 378 g/mol. The van der Waals surface area contributed by atoms with E-state index in [1.165, 1.54) is 16.8 Å². The number of nitrogens with one attached hydrogen (secondary N) is 1. The molecule has 0 unspecified atom stereocenters. The summed E-state index contributed by atoms with van der Waals surface area (Å²) in [5.41, 5.74) is 1.61. The molecule has 2 aromatic rings. The highest BCUT2D eigenvalue weighted by molar-refractivity contribution is 5.96. The number of carbonyl (C=O) groups excluding carboxylic acids is 1. The van der Waals surface area contributed by atoms with Crippen LogP contribution in [0.3, 0.4) is 0 Å². The Kier molecular flexibility index (Phi) is 6.97. The molecule has 0 saturated carbocycles. The van der Waals surface area contributed by atoms with Gasteiger partial charge in [-0.25, -0.2) is 13.5 Å². The van der Waals surface area contributed by atoms with Crippen molar-refractivity contribution in [3.63, 3.8) is 0 Å². The lowest BCUT2D eigenvalue weighted by Crippen LogP contribution is -2.45. The van der Waals surface area contributed by atoms with Crippen molar-refractivity contribution >= 4 is 5.91 Å². The van der Waals surface area contributed by atoms with Gasteiger partial charge in [0.25, 0.3) is 5.91 Å². The predicted molar refractivity (Wildman–Crippen MR) is 106 cm³/mol. The first-order valence-corrected chi connectivity index (χ1v) is 9.94. The maximum absolute atomic E-state index is 14.2. The Balaban J connectivity index is 1.66. The molecule has 0 atom stereocenters. The van der Waals surface area contributed by atoms with Crippen LogP contribution in [0.2, 0.25) is 0 Å². The zero-order chi connectivity index (χ0) is 21.0. The number of carbonyl (C=O) groups is 1. The first-order chi connectivity index (χ1) is 13.9. The molecule has 2 heterocycles. The Morgan fingerprint density at radius 1 is 1.28 bits per heavy atom. The van der Waals surface area contributed by atoms with Crippen LogP contribution in [0.4, 0.5) is 8.78 Å². The minimum absolute atomic E-state index is 0.103. The highest BCUT2D eigenvalue weighted by atomic mass is 19.1. The Labute approximate surface area is 169 Å². The number of methoxy groups -OCH3 is 1. The number of amides is 1. The van der Waals surface area contributed by atoms with Crippen molar-refractivity contribution in [2.24, 2.45) is 0 Å². The molecule has 0 bridgehead atoms. The topological polar surface area (TPSA) is 59.4 Å². The monoisotopic (exact) mass is 406 g/mol. The molecule has 0 spiro atoms. The van der Waals surface area contributed by atoms with E-state index in [0.717, 1.165) is 51.6 Å². The summed E-state index contributed by atoms with van der Waals surface area (Å²) in [6.45, 7) is 7.07. The minimum atomic E-state index is -0.719. The predicted octanol–water partition coefficient (Wildman–Crippen LogP) is 3.00. The van der Waals surface area contributed by atoms with Crippen molar-refractivity contribution < 1.29 is 18.3 Å².